The van der Waals surface area contributed by atoms with E-state index in [0.717, 1.165) is 30.6 Å². The molecule has 1 aromatic carbocycles. The number of fused-ring (bicyclic) bond motifs is 1. The molecule has 6 nitrogen and oxygen atoms in total. The molecule has 3 aromatic heterocycles. The summed E-state index contributed by atoms with van der Waals surface area (Å²) >= 11 is 5.75. The molecule has 1 saturated heterocycles. The number of pyridine rings is 1. The van der Waals surface area contributed by atoms with Gasteiger partial charge in [0.05, 0.1) is 23.1 Å². The van der Waals surface area contributed by atoms with E-state index in [-0.39, 0.29) is 0 Å². The van der Waals surface area contributed by atoms with Crippen LogP contribution in [0.1, 0.15) is 49.5 Å². The standard InChI is InChI=1S/C15H11ClFN3.C6H8N2.C5H10O/c1-8-9(2)19-15-14(18-8)6-5-13(20-15)11-4-3-10(16)7-12(11)17;1-4-7-8(5-1)6-2-3-6;1-2-4-6-5-3-1/h3-7H,1-2H3;1,4-6H,2-3H2;1-5H2. The first-order chi connectivity index (χ1) is 16.5. The largest absolute Gasteiger partial charge is 0.381 e. The summed E-state index contributed by atoms with van der Waals surface area (Å²) in [7, 11) is 0. The number of ether oxygens (including phenoxy) is 1. The summed E-state index contributed by atoms with van der Waals surface area (Å²) in [6.45, 7) is 5.77. The van der Waals surface area contributed by atoms with Gasteiger partial charge in [0.1, 0.15) is 11.3 Å². The topological polar surface area (TPSA) is 65.7 Å². The number of aromatic nitrogens is 5. The Bertz CT molecular complexity index is 1210. The Balaban J connectivity index is 0.000000158. The fourth-order valence-electron chi connectivity index (χ4n) is 3.48. The third-order valence-electron chi connectivity index (χ3n) is 5.67. The Morgan fingerprint density at radius 1 is 0.971 bits per heavy atom. The molecule has 2 fully saturated rings. The van der Waals surface area contributed by atoms with Gasteiger partial charge in [0.15, 0.2) is 5.65 Å². The molecule has 0 spiro atoms. The smallest absolute Gasteiger partial charge is 0.179 e. The number of nitrogens with zero attached hydrogens (tertiary/aromatic N) is 5. The number of rotatable bonds is 2. The van der Waals surface area contributed by atoms with E-state index in [2.05, 4.69) is 20.1 Å². The van der Waals surface area contributed by atoms with Crippen LogP contribution in [0.25, 0.3) is 22.4 Å². The van der Waals surface area contributed by atoms with E-state index in [0.29, 0.717) is 27.4 Å². The minimum absolute atomic E-state index is 0.360. The molecule has 1 saturated carbocycles. The quantitative estimate of drug-likeness (QED) is 0.326. The number of aryl methyl sites for hydroxylation is 2. The van der Waals surface area contributed by atoms with Gasteiger partial charge in [0.2, 0.25) is 0 Å². The second-order valence-electron chi connectivity index (χ2n) is 8.45. The van der Waals surface area contributed by atoms with Crippen molar-refractivity contribution in [3.05, 3.63) is 71.0 Å². The van der Waals surface area contributed by atoms with Crippen molar-refractivity contribution in [1.29, 1.82) is 0 Å². The molecule has 34 heavy (non-hydrogen) atoms. The average molecular weight is 482 g/mol. The van der Waals surface area contributed by atoms with Crippen molar-refractivity contribution in [2.45, 2.75) is 52.0 Å². The van der Waals surface area contributed by atoms with Crippen molar-refractivity contribution in [2.24, 2.45) is 0 Å². The highest BCUT2D eigenvalue weighted by Crippen LogP contribution is 2.33. The average Bonchev–Trinajstić information content (AvgIpc) is 3.55. The molecule has 1 aliphatic carbocycles. The predicted octanol–water partition coefficient (Wildman–Crippen LogP) is 6.51. The summed E-state index contributed by atoms with van der Waals surface area (Å²) < 4.78 is 21.0. The number of benzene rings is 1. The van der Waals surface area contributed by atoms with Crippen molar-refractivity contribution in [1.82, 2.24) is 24.7 Å². The molecule has 0 bridgehead atoms. The molecule has 6 rings (SSSR count). The molecule has 0 N–H and O–H groups in total. The van der Waals surface area contributed by atoms with E-state index in [1.165, 1.54) is 38.2 Å². The Morgan fingerprint density at radius 3 is 2.32 bits per heavy atom. The summed E-state index contributed by atoms with van der Waals surface area (Å²) in [5.74, 6) is -0.402. The fourth-order valence-corrected chi connectivity index (χ4v) is 3.64. The van der Waals surface area contributed by atoms with E-state index < -0.39 is 5.82 Å². The van der Waals surface area contributed by atoms with Crippen molar-refractivity contribution >= 4 is 22.8 Å². The van der Waals surface area contributed by atoms with Crippen molar-refractivity contribution < 1.29 is 9.13 Å². The Morgan fingerprint density at radius 2 is 1.74 bits per heavy atom. The van der Waals surface area contributed by atoms with Crippen LogP contribution in [0.15, 0.2) is 48.8 Å². The summed E-state index contributed by atoms with van der Waals surface area (Å²) in [4.78, 5) is 13.2. The fraction of sp³-hybridized carbons (Fsp3) is 0.385. The third-order valence-corrected chi connectivity index (χ3v) is 5.91. The van der Waals surface area contributed by atoms with Gasteiger partial charge in [0.25, 0.3) is 0 Å². The van der Waals surface area contributed by atoms with Crippen LogP contribution in [-0.4, -0.2) is 37.9 Å². The SMILES string of the molecule is C1CCOCC1.Cc1nc2ccc(-c3ccc(Cl)cc3F)nc2nc1C.c1cnn(C2CC2)c1. The van der Waals surface area contributed by atoms with E-state index in [9.17, 15) is 4.39 Å². The molecule has 4 heterocycles. The maximum Gasteiger partial charge on any atom is 0.179 e. The lowest BCUT2D eigenvalue weighted by Gasteiger charge is -2.08. The van der Waals surface area contributed by atoms with Gasteiger partial charge >= 0.3 is 0 Å². The van der Waals surface area contributed by atoms with Gasteiger partial charge in [-0.2, -0.15) is 5.10 Å². The highest BCUT2D eigenvalue weighted by Gasteiger charge is 2.22. The van der Waals surface area contributed by atoms with Crippen molar-refractivity contribution in [3.63, 3.8) is 0 Å². The molecule has 0 atom stereocenters. The normalized spacial score (nSPS) is 15.2. The van der Waals surface area contributed by atoms with Gasteiger partial charge in [-0.1, -0.05) is 11.6 Å². The zero-order chi connectivity index (χ0) is 23.9. The molecule has 8 heteroatoms. The van der Waals surface area contributed by atoms with Gasteiger partial charge in [0, 0.05) is 36.2 Å². The zero-order valence-corrected chi connectivity index (χ0v) is 20.3. The minimum Gasteiger partial charge on any atom is -0.381 e. The van der Waals surface area contributed by atoms with Gasteiger partial charge in [-0.25, -0.2) is 19.3 Å². The van der Waals surface area contributed by atoms with Gasteiger partial charge < -0.3 is 4.74 Å². The molecule has 2 aliphatic rings. The number of halogens is 2. The molecule has 0 amide bonds. The lowest BCUT2D eigenvalue weighted by Crippen LogP contribution is -2.03. The van der Waals surface area contributed by atoms with Crippen LogP contribution in [0.5, 0.6) is 0 Å². The second-order valence-corrected chi connectivity index (χ2v) is 8.88. The minimum atomic E-state index is -0.402. The van der Waals surface area contributed by atoms with Crippen LogP contribution in [-0.2, 0) is 4.74 Å². The Kier molecular flexibility index (Phi) is 8.19. The van der Waals surface area contributed by atoms with Crippen LogP contribution in [0, 0.1) is 19.7 Å². The van der Waals surface area contributed by atoms with Crippen LogP contribution in [0.2, 0.25) is 5.02 Å². The Hall–Kier alpha value is -2.90. The number of hydrogen-bond donors (Lipinski definition) is 0. The molecular formula is C26H29ClFN5O. The highest BCUT2D eigenvalue weighted by atomic mass is 35.5. The molecule has 0 radical (unpaired) electrons. The van der Waals surface area contributed by atoms with Crippen molar-refractivity contribution in [2.75, 3.05) is 13.2 Å². The van der Waals surface area contributed by atoms with Gasteiger partial charge in [-0.15, -0.1) is 0 Å². The second kappa shape index (κ2) is 11.5. The van der Waals surface area contributed by atoms with E-state index in [1.54, 1.807) is 24.3 Å². The van der Waals surface area contributed by atoms with Gasteiger partial charge in [-0.05, 0) is 82.3 Å². The van der Waals surface area contributed by atoms with Crippen molar-refractivity contribution in [3.8, 4) is 11.3 Å². The first-order valence-electron chi connectivity index (χ1n) is 11.7. The van der Waals surface area contributed by atoms with E-state index >= 15 is 0 Å². The van der Waals surface area contributed by atoms with Crippen LogP contribution < -0.4 is 0 Å². The predicted molar refractivity (Wildman–Crippen MR) is 132 cm³/mol. The van der Waals surface area contributed by atoms with E-state index in [1.807, 2.05) is 37.0 Å². The lowest BCUT2D eigenvalue weighted by molar-refractivity contribution is 0.0968. The maximum atomic E-state index is 13.9. The zero-order valence-electron chi connectivity index (χ0n) is 19.5. The summed E-state index contributed by atoms with van der Waals surface area (Å²) in [6.07, 6.45) is 10.4. The van der Waals surface area contributed by atoms with Crippen LogP contribution in [0.4, 0.5) is 4.39 Å². The first-order valence-corrected chi connectivity index (χ1v) is 12.0. The number of hydrogen-bond acceptors (Lipinski definition) is 5. The first kappa shape index (κ1) is 24.2. The molecule has 1 aliphatic heterocycles. The van der Waals surface area contributed by atoms with Crippen LogP contribution in [0.3, 0.4) is 0 Å². The lowest BCUT2D eigenvalue weighted by atomic mass is 10.1. The molecular weight excluding hydrogens is 453 g/mol. The summed E-state index contributed by atoms with van der Waals surface area (Å²) in [6, 6.07) is 10.8. The third kappa shape index (κ3) is 6.58. The molecule has 178 valence electrons. The molecule has 0 unspecified atom stereocenters. The summed E-state index contributed by atoms with van der Waals surface area (Å²) in [5.41, 5.74) is 3.81. The highest BCUT2D eigenvalue weighted by molar-refractivity contribution is 6.30. The molecule has 4 aromatic rings. The monoisotopic (exact) mass is 481 g/mol. The summed E-state index contributed by atoms with van der Waals surface area (Å²) in [5, 5.41) is 4.45. The van der Waals surface area contributed by atoms with E-state index in [4.69, 9.17) is 16.3 Å². The van der Waals surface area contributed by atoms with Crippen LogP contribution >= 0.6 is 11.6 Å². The Labute approximate surface area is 204 Å². The van der Waals surface area contributed by atoms with Gasteiger partial charge in [-0.3, -0.25) is 4.68 Å². The maximum absolute atomic E-state index is 13.9.